The number of ether oxygens (including phenoxy) is 1. The highest BCUT2D eigenvalue weighted by molar-refractivity contribution is 6.31. The summed E-state index contributed by atoms with van der Waals surface area (Å²) in [6.45, 7) is 2.53. The maximum Gasteiger partial charge on any atom is 0.251 e. The van der Waals surface area contributed by atoms with Gasteiger partial charge >= 0.3 is 0 Å². The first kappa shape index (κ1) is 20.1. The number of pyridine rings is 1. The number of hydrogen-bond acceptors (Lipinski definition) is 4. The molecule has 1 aromatic carbocycles. The molecule has 4 rings (SSSR count). The molecule has 2 aliphatic heterocycles. The molecular weight excluding hydrogens is 420 g/mol. The monoisotopic (exact) mass is 437 g/mol. The van der Waals surface area contributed by atoms with Crippen molar-refractivity contribution in [3.63, 3.8) is 0 Å². The summed E-state index contributed by atoms with van der Waals surface area (Å²) in [5.41, 5.74) is 1.27. The van der Waals surface area contributed by atoms with Gasteiger partial charge in [0.15, 0.2) is 0 Å². The Bertz CT molecular complexity index is 983. The van der Waals surface area contributed by atoms with E-state index in [0.29, 0.717) is 35.2 Å². The molecule has 9 heteroatoms. The standard InChI is InChI=1S/C20H18Cl2FN3O3/c1-11-4-14(21)6-24-19(11)26-8-17(27)25(18(20(26)28)13-9-29-10-13)7-12-2-3-15(22)16(23)5-12/h2-6,13,18H,7-10H2,1H3/t18-/m0/s1. The largest absolute Gasteiger partial charge is 0.380 e. The average Bonchev–Trinajstić information content (AvgIpc) is 2.62. The highest BCUT2D eigenvalue weighted by Crippen LogP contribution is 2.31. The van der Waals surface area contributed by atoms with Gasteiger partial charge in [-0.25, -0.2) is 9.37 Å². The summed E-state index contributed by atoms with van der Waals surface area (Å²) < 4.78 is 19.1. The summed E-state index contributed by atoms with van der Waals surface area (Å²) in [5.74, 6) is -0.751. The van der Waals surface area contributed by atoms with Crippen molar-refractivity contribution < 1.29 is 18.7 Å². The van der Waals surface area contributed by atoms with Crippen LogP contribution in [0.1, 0.15) is 11.1 Å². The second kappa shape index (κ2) is 7.89. The van der Waals surface area contributed by atoms with Crippen molar-refractivity contribution in [2.24, 2.45) is 5.92 Å². The van der Waals surface area contributed by atoms with E-state index in [2.05, 4.69) is 4.98 Å². The van der Waals surface area contributed by atoms with E-state index >= 15 is 0 Å². The Kier molecular flexibility index (Phi) is 5.46. The topological polar surface area (TPSA) is 62.7 Å². The van der Waals surface area contributed by atoms with Crippen LogP contribution < -0.4 is 4.90 Å². The predicted octanol–water partition coefficient (Wildman–Crippen LogP) is 3.23. The number of hydrogen-bond donors (Lipinski definition) is 0. The molecule has 0 unspecified atom stereocenters. The Morgan fingerprint density at radius 2 is 2.00 bits per heavy atom. The number of aryl methyl sites for hydroxylation is 1. The number of aromatic nitrogens is 1. The molecule has 0 spiro atoms. The molecule has 1 atom stereocenters. The Morgan fingerprint density at radius 3 is 2.62 bits per heavy atom. The number of piperazine rings is 1. The molecule has 29 heavy (non-hydrogen) atoms. The lowest BCUT2D eigenvalue weighted by Gasteiger charge is -2.45. The first-order valence-electron chi connectivity index (χ1n) is 9.10. The van der Waals surface area contributed by atoms with Crippen molar-refractivity contribution in [1.82, 2.24) is 9.88 Å². The number of amides is 2. The van der Waals surface area contributed by atoms with Gasteiger partial charge in [-0.05, 0) is 36.2 Å². The molecule has 2 aliphatic rings. The van der Waals surface area contributed by atoms with Gasteiger partial charge in [-0.1, -0.05) is 29.3 Å². The quantitative estimate of drug-likeness (QED) is 0.736. The van der Waals surface area contributed by atoms with Gasteiger partial charge in [0.25, 0.3) is 5.91 Å². The van der Waals surface area contributed by atoms with Crippen LogP contribution in [0, 0.1) is 18.7 Å². The molecular formula is C20H18Cl2FN3O3. The maximum absolute atomic E-state index is 13.9. The summed E-state index contributed by atoms with van der Waals surface area (Å²) in [6, 6.07) is 5.37. The van der Waals surface area contributed by atoms with Crippen molar-refractivity contribution in [2.75, 3.05) is 24.7 Å². The van der Waals surface area contributed by atoms with Gasteiger partial charge in [-0.15, -0.1) is 0 Å². The van der Waals surface area contributed by atoms with Crippen molar-refractivity contribution in [2.45, 2.75) is 19.5 Å². The fraction of sp³-hybridized carbons (Fsp3) is 0.350. The van der Waals surface area contributed by atoms with Crippen molar-refractivity contribution in [3.8, 4) is 0 Å². The molecule has 0 N–H and O–H groups in total. The number of rotatable bonds is 4. The highest BCUT2D eigenvalue weighted by atomic mass is 35.5. The molecule has 1 aromatic heterocycles. The molecule has 3 heterocycles. The van der Waals surface area contributed by atoms with Gasteiger partial charge in [0, 0.05) is 18.7 Å². The number of carbonyl (C=O) groups excluding carboxylic acids is 2. The summed E-state index contributed by atoms with van der Waals surface area (Å²) in [6.07, 6.45) is 1.45. The van der Waals surface area contributed by atoms with Gasteiger partial charge in [0.05, 0.1) is 23.3 Å². The molecule has 2 aromatic rings. The van der Waals surface area contributed by atoms with E-state index in [1.807, 2.05) is 0 Å². The Balaban J connectivity index is 1.66. The Morgan fingerprint density at radius 1 is 1.24 bits per heavy atom. The van der Waals surface area contributed by atoms with Gasteiger partial charge in [0.2, 0.25) is 5.91 Å². The lowest BCUT2D eigenvalue weighted by atomic mass is 9.92. The van der Waals surface area contributed by atoms with E-state index < -0.39 is 11.9 Å². The van der Waals surface area contributed by atoms with Gasteiger partial charge < -0.3 is 9.64 Å². The molecule has 0 radical (unpaired) electrons. The molecule has 2 fully saturated rings. The zero-order valence-corrected chi connectivity index (χ0v) is 17.1. The van der Waals surface area contributed by atoms with Crippen molar-refractivity contribution >= 4 is 40.8 Å². The van der Waals surface area contributed by atoms with E-state index in [-0.39, 0.29) is 35.8 Å². The summed E-state index contributed by atoms with van der Waals surface area (Å²) >= 11 is 11.7. The number of carbonyl (C=O) groups is 2. The number of anilines is 1. The van der Waals surface area contributed by atoms with E-state index in [4.69, 9.17) is 27.9 Å². The van der Waals surface area contributed by atoms with Crippen LogP contribution in [-0.2, 0) is 20.9 Å². The van der Waals surface area contributed by atoms with Gasteiger partial charge in [-0.2, -0.15) is 0 Å². The fourth-order valence-electron chi connectivity index (χ4n) is 3.66. The zero-order valence-electron chi connectivity index (χ0n) is 15.6. The third-order valence-corrected chi connectivity index (χ3v) is 5.70. The highest BCUT2D eigenvalue weighted by Gasteiger charge is 2.47. The molecule has 2 saturated heterocycles. The molecule has 0 saturated carbocycles. The summed E-state index contributed by atoms with van der Waals surface area (Å²) in [5, 5.41) is 0.464. The lowest BCUT2D eigenvalue weighted by Crippen LogP contribution is -2.65. The Hall–Kier alpha value is -2.22. The van der Waals surface area contributed by atoms with E-state index in [1.54, 1.807) is 19.1 Å². The lowest BCUT2D eigenvalue weighted by molar-refractivity contribution is -0.155. The molecule has 152 valence electrons. The van der Waals surface area contributed by atoms with Crippen LogP contribution >= 0.6 is 23.2 Å². The number of benzene rings is 1. The third-order valence-electron chi connectivity index (χ3n) is 5.19. The van der Waals surface area contributed by atoms with Gasteiger partial charge in [-0.3, -0.25) is 14.5 Å². The Labute approximate surface area is 177 Å². The van der Waals surface area contributed by atoms with Crippen LogP contribution in [0.15, 0.2) is 30.5 Å². The predicted molar refractivity (Wildman–Crippen MR) is 106 cm³/mol. The minimum Gasteiger partial charge on any atom is -0.380 e. The number of nitrogens with zero attached hydrogens (tertiary/aromatic N) is 3. The van der Waals surface area contributed by atoms with Crippen LogP contribution in [-0.4, -0.2) is 47.5 Å². The van der Waals surface area contributed by atoms with Crippen LogP contribution in [0.2, 0.25) is 10.0 Å². The SMILES string of the molecule is Cc1cc(Cl)cnc1N1CC(=O)N(Cc2ccc(Cl)c(F)c2)[C@@H](C2COC2)C1=O. The van der Waals surface area contributed by atoms with Crippen molar-refractivity contribution in [1.29, 1.82) is 0 Å². The van der Waals surface area contributed by atoms with Crippen LogP contribution in [0.3, 0.4) is 0 Å². The molecule has 0 aliphatic carbocycles. The number of halogens is 3. The van der Waals surface area contributed by atoms with Crippen LogP contribution in [0.5, 0.6) is 0 Å². The second-order valence-corrected chi connectivity index (χ2v) is 8.07. The first-order valence-corrected chi connectivity index (χ1v) is 9.85. The molecule has 6 nitrogen and oxygen atoms in total. The second-order valence-electron chi connectivity index (χ2n) is 7.23. The normalized spacial score (nSPS) is 20.2. The van der Waals surface area contributed by atoms with E-state index in [9.17, 15) is 14.0 Å². The van der Waals surface area contributed by atoms with Crippen molar-refractivity contribution in [3.05, 3.63) is 57.5 Å². The van der Waals surface area contributed by atoms with Crippen LogP contribution in [0.25, 0.3) is 0 Å². The van der Waals surface area contributed by atoms with Gasteiger partial charge in [0.1, 0.15) is 24.2 Å². The fourth-order valence-corrected chi connectivity index (χ4v) is 3.99. The summed E-state index contributed by atoms with van der Waals surface area (Å²) in [7, 11) is 0. The zero-order chi connectivity index (χ0) is 20.7. The van der Waals surface area contributed by atoms with Crippen LogP contribution in [0.4, 0.5) is 10.2 Å². The summed E-state index contributed by atoms with van der Waals surface area (Å²) in [4.78, 5) is 33.6. The minimum absolute atomic E-state index is 0.00852. The molecule has 0 bridgehead atoms. The third kappa shape index (κ3) is 3.82. The smallest absolute Gasteiger partial charge is 0.251 e. The van der Waals surface area contributed by atoms with E-state index in [0.717, 1.165) is 0 Å². The first-order chi connectivity index (χ1) is 13.8. The van der Waals surface area contributed by atoms with E-state index in [1.165, 1.54) is 28.1 Å². The maximum atomic E-state index is 13.9. The average molecular weight is 438 g/mol. The molecule has 2 amide bonds. The minimum atomic E-state index is -0.708.